The first-order chi connectivity index (χ1) is 6.47. The number of hydrogen-bond acceptors (Lipinski definition) is 3. The Bertz CT molecular complexity index is 193. The lowest BCUT2D eigenvalue weighted by Crippen LogP contribution is -2.40. The van der Waals surface area contributed by atoms with Crippen LogP contribution < -0.4 is 10.6 Å². The Labute approximate surface area is 85.4 Å². The van der Waals surface area contributed by atoms with Crippen molar-refractivity contribution in [3.8, 4) is 0 Å². The third kappa shape index (κ3) is 4.46. The van der Waals surface area contributed by atoms with Crippen LogP contribution in [-0.4, -0.2) is 30.8 Å². The fraction of sp³-hybridized carbons (Fsp3) is 0.900. The molecule has 0 unspecified atom stereocenters. The maximum Gasteiger partial charge on any atom is 0.429 e. The van der Waals surface area contributed by atoms with Crippen molar-refractivity contribution >= 4 is 6.09 Å². The summed E-state index contributed by atoms with van der Waals surface area (Å²) in [5.41, 5.74) is -0.437. The number of nitrogens with one attached hydrogen (secondary N) is 1. The van der Waals surface area contributed by atoms with E-state index in [1.165, 1.54) is 0 Å². The molecule has 0 aromatic carbocycles. The molecule has 1 amide bonds. The summed E-state index contributed by atoms with van der Waals surface area (Å²) in [4.78, 5) is 11.3. The molecule has 1 rings (SSSR count). The molecule has 1 heterocycles. The molecular formula is C10H19N2O2. The van der Waals surface area contributed by atoms with Crippen LogP contribution in [0.15, 0.2) is 0 Å². The molecule has 0 spiro atoms. The highest BCUT2D eigenvalue weighted by Crippen LogP contribution is 2.09. The van der Waals surface area contributed by atoms with Crippen LogP contribution in [0.1, 0.15) is 33.6 Å². The molecule has 1 fully saturated rings. The number of carbonyl (C=O) groups is 1. The van der Waals surface area contributed by atoms with Gasteiger partial charge in [0.05, 0.1) is 6.04 Å². The molecule has 1 aliphatic heterocycles. The number of ether oxygens (including phenoxy) is 1. The molecule has 0 aromatic heterocycles. The highest BCUT2D eigenvalue weighted by Gasteiger charge is 2.22. The minimum Gasteiger partial charge on any atom is -0.442 e. The van der Waals surface area contributed by atoms with Gasteiger partial charge in [0.2, 0.25) is 0 Å². The summed E-state index contributed by atoms with van der Waals surface area (Å²) in [7, 11) is 0. The summed E-state index contributed by atoms with van der Waals surface area (Å²) in [6, 6.07) is 0.145. The maximum atomic E-state index is 11.3. The molecule has 0 atom stereocenters. The van der Waals surface area contributed by atoms with Gasteiger partial charge in [0.25, 0.3) is 0 Å². The van der Waals surface area contributed by atoms with Crippen molar-refractivity contribution in [1.29, 1.82) is 0 Å². The SMILES string of the molecule is CC(C)(C)OC(=O)[N]C1CCNCC1. The van der Waals surface area contributed by atoms with Gasteiger partial charge >= 0.3 is 6.09 Å². The van der Waals surface area contributed by atoms with Gasteiger partial charge in [-0.25, -0.2) is 10.1 Å². The van der Waals surface area contributed by atoms with Gasteiger partial charge in [0, 0.05) is 0 Å². The Morgan fingerprint density at radius 2 is 1.93 bits per heavy atom. The molecule has 1 saturated heterocycles. The van der Waals surface area contributed by atoms with Crippen molar-refractivity contribution in [3.63, 3.8) is 0 Å². The van der Waals surface area contributed by atoms with Crippen molar-refractivity contribution < 1.29 is 9.53 Å². The van der Waals surface area contributed by atoms with Crippen molar-refractivity contribution in [1.82, 2.24) is 10.6 Å². The van der Waals surface area contributed by atoms with Gasteiger partial charge in [-0.15, -0.1) is 0 Å². The molecule has 4 nitrogen and oxygen atoms in total. The Morgan fingerprint density at radius 1 is 1.36 bits per heavy atom. The molecule has 0 aliphatic carbocycles. The Kier molecular flexibility index (Phi) is 3.75. The van der Waals surface area contributed by atoms with E-state index in [0.717, 1.165) is 25.9 Å². The Morgan fingerprint density at radius 3 is 2.43 bits per heavy atom. The van der Waals surface area contributed by atoms with E-state index in [1.807, 2.05) is 20.8 Å². The summed E-state index contributed by atoms with van der Waals surface area (Å²) >= 11 is 0. The zero-order chi connectivity index (χ0) is 10.6. The predicted octanol–water partition coefficient (Wildman–Crippen LogP) is 1.28. The van der Waals surface area contributed by atoms with Gasteiger partial charge in [0.15, 0.2) is 0 Å². The maximum absolute atomic E-state index is 11.3. The molecule has 0 aromatic rings. The normalized spacial score (nSPS) is 19.1. The lowest BCUT2D eigenvalue weighted by atomic mass is 10.1. The van der Waals surface area contributed by atoms with E-state index in [1.54, 1.807) is 0 Å². The van der Waals surface area contributed by atoms with Gasteiger partial charge in [0.1, 0.15) is 5.60 Å². The molecule has 1 N–H and O–H groups in total. The average molecular weight is 199 g/mol. The van der Waals surface area contributed by atoms with E-state index >= 15 is 0 Å². The molecule has 4 heteroatoms. The van der Waals surface area contributed by atoms with Crippen LogP contribution in [-0.2, 0) is 4.74 Å². The van der Waals surface area contributed by atoms with E-state index in [4.69, 9.17) is 4.74 Å². The summed E-state index contributed by atoms with van der Waals surface area (Å²) in [5, 5.41) is 7.24. The van der Waals surface area contributed by atoms with Crippen LogP contribution in [0.25, 0.3) is 0 Å². The van der Waals surface area contributed by atoms with E-state index in [-0.39, 0.29) is 6.04 Å². The first-order valence-electron chi connectivity index (χ1n) is 5.12. The van der Waals surface area contributed by atoms with Crippen LogP contribution in [0.2, 0.25) is 0 Å². The van der Waals surface area contributed by atoms with Crippen LogP contribution in [0.5, 0.6) is 0 Å². The second kappa shape index (κ2) is 4.64. The second-order valence-corrected chi connectivity index (χ2v) is 4.59. The summed E-state index contributed by atoms with van der Waals surface area (Å²) in [5.74, 6) is 0. The van der Waals surface area contributed by atoms with Crippen molar-refractivity contribution in [2.45, 2.75) is 45.3 Å². The van der Waals surface area contributed by atoms with Crippen LogP contribution in [0.4, 0.5) is 4.79 Å². The zero-order valence-corrected chi connectivity index (χ0v) is 9.17. The minimum absolute atomic E-state index is 0.145. The standard InChI is InChI=1S/C10H19N2O2/c1-10(2,3)14-9(13)12-8-4-6-11-7-5-8/h8,11H,4-7H2,1-3H3. The van der Waals surface area contributed by atoms with Crippen LogP contribution in [0, 0.1) is 0 Å². The summed E-state index contributed by atoms with van der Waals surface area (Å²) < 4.78 is 5.11. The van der Waals surface area contributed by atoms with E-state index in [2.05, 4.69) is 10.6 Å². The Hall–Kier alpha value is -0.770. The largest absolute Gasteiger partial charge is 0.442 e. The second-order valence-electron chi connectivity index (χ2n) is 4.59. The fourth-order valence-electron chi connectivity index (χ4n) is 1.37. The molecule has 0 bridgehead atoms. The molecule has 0 saturated carbocycles. The number of rotatable bonds is 1. The van der Waals surface area contributed by atoms with E-state index < -0.39 is 11.7 Å². The lowest BCUT2D eigenvalue weighted by molar-refractivity contribution is 0.0486. The molecular weight excluding hydrogens is 180 g/mol. The predicted molar refractivity (Wildman–Crippen MR) is 54.3 cm³/mol. The molecule has 1 aliphatic rings. The Balaban J connectivity index is 2.25. The first kappa shape index (κ1) is 11.3. The van der Waals surface area contributed by atoms with Gasteiger partial charge in [-0.05, 0) is 46.7 Å². The van der Waals surface area contributed by atoms with Gasteiger partial charge in [-0.3, -0.25) is 0 Å². The first-order valence-corrected chi connectivity index (χ1v) is 5.12. The number of hydrogen-bond donors (Lipinski definition) is 1. The van der Waals surface area contributed by atoms with Crippen LogP contribution >= 0.6 is 0 Å². The summed E-state index contributed by atoms with van der Waals surface area (Å²) in [6.45, 7) is 7.43. The lowest BCUT2D eigenvalue weighted by Gasteiger charge is -2.24. The van der Waals surface area contributed by atoms with E-state index in [9.17, 15) is 4.79 Å². The molecule has 1 radical (unpaired) electrons. The smallest absolute Gasteiger partial charge is 0.429 e. The molecule has 81 valence electrons. The minimum atomic E-state index is -0.437. The van der Waals surface area contributed by atoms with Crippen molar-refractivity contribution in [2.24, 2.45) is 0 Å². The zero-order valence-electron chi connectivity index (χ0n) is 9.17. The highest BCUT2D eigenvalue weighted by molar-refractivity contribution is 5.67. The number of piperidine rings is 1. The number of nitrogens with zero attached hydrogens (tertiary/aromatic N) is 1. The third-order valence-corrected chi connectivity index (χ3v) is 1.99. The number of amides is 1. The monoisotopic (exact) mass is 199 g/mol. The van der Waals surface area contributed by atoms with Gasteiger partial charge in [-0.1, -0.05) is 0 Å². The van der Waals surface area contributed by atoms with Crippen LogP contribution in [0.3, 0.4) is 0 Å². The average Bonchev–Trinajstić information content (AvgIpc) is 2.02. The third-order valence-electron chi connectivity index (χ3n) is 1.99. The van der Waals surface area contributed by atoms with Gasteiger partial charge in [-0.2, -0.15) is 0 Å². The number of carbonyl (C=O) groups excluding carboxylic acids is 1. The van der Waals surface area contributed by atoms with Crippen molar-refractivity contribution in [2.75, 3.05) is 13.1 Å². The highest BCUT2D eigenvalue weighted by atomic mass is 16.6. The van der Waals surface area contributed by atoms with Crippen molar-refractivity contribution in [3.05, 3.63) is 0 Å². The topological polar surface area (TPSA) is 52.4 Å². The fourth-order valence-corrected chi connectivity index (χ4v) is 1.37. The quantitative estimate of drug-likeness (QED) is 0.692. The van der Waals surface area contributed by atoms with Gasteiger partial charge < -0.3 is 10.1 Å². The summed E-state index contributed by atoms with van der Waals surface area (Å²) in [6.07, 6.45) is 1.43. The molecule has 14 heavy (non-hydrogen) atoms. The van der Waals surface area contributed by atoms with E-state index in [0.29, 0.717) is 0 Å².